The third-order valence-corrected chi connectivity index (χ3v) is 4.92. The molecule has 2 aromatic carbocycles. The number of aryl methyl sites for hydroxylation is 1. The maximum atomic E-state index is 12.0. The Morgan fingerprint density at radius 1 is 1.19 bits per heavy atom. The summed E-state index contributed by atoms with van der Waals surface area (Å²) in [5, 5.41) is 12.1. The minimum Gasteiger partial charge on any atom is -0.508 e. The molecule has 0 unspecified atom stereocenters. The number of hydrogen-bond acceptors (Lipinski definition) is 3. The third kappa shape index (κ3) is 4.76. The second-order valence-corrected chi connectivity index (χ2v) is 7.19. The van der Waals surface area contributed by atoms with Crippen LogP contribution in [0, 0.1) is 6.92 Å². The van der Waals surface area contributed by atoms with E-state index >= 15 is 0 Å². The molecule has 3 nitrogen and oxygen atoms in total. The average Bonchev–Trinajstić information content (AvgIpc) is 2.42. The van der Waals surface area contributed by atoms with Crippen molar-refractivity contribution in [1.29, 1.82) is 0 Å². The maximum Gasteiger partial charge on any atom is 0.234 e. The molecule has 110 valence electrons. The predicted molar refractivity (Wildman–Crippen MR) is 94.0 cm³/mol. The first-order valence-corrected chi connectivity index (χ1v) is 8.70. The Bertz CT molecular complexity index is 636. The molecule has 0 heterocycles. The number of phenols is 1. The Hall–Kier alpha value is -0.980. The number of carbonyl (C=O) groups is 1. The number of carbonyl (C=O) groups excluding carboxylic acids is 1. The molecule has 0 atom stereocenters. The fraction of sp³-hybridized carbons (Fsp3) is 0.133. The van der Waals surface area contributed by atoms with Gasteiger partial charge in [-0.3, -0.25) is 4.79 Å². The average molecular weight is 431 g/mol. The Morgan fingerprint density at radius 2 is 1.76 bits per heavy atom. The molecular weight excluding hydrogens is 418 g/mol. The zero-order valence-corrected chi connectivity index (χ0v) is 15.2. The summed E-state index contributed by atoms with van der Waals surface area (Å²) in [4.78, 5) is 13.0. The van der Waals surface area contributed by atoms with Gasteiger partial charge < -0.3 is 10.4 Å². The molecule has 0 aliphatic rings. The lowest BCUT2D eigenvalue weighted by Gasteiger charge is -2.10. The van der Waals surface area contributed by atoms with Gasteiger partial charge in [0.05, 0.1) is 11.4 Å². The number of anilines is 1. The van der Waals surface area contributed by atoms with Crippen molar-refractivity contribution in [1.82, 2.24) is 0 Å². The van der Waals surface area contributed by atoms with Crippen molar-refractivity contribution in [3.05, 3.63) is 50.9 Å². The van der Waals surface area contributed by atoms with E-state index in [0.29, 0.717) is 5.75 Å². The van der Waals surface area contributed by atoms with Gasteiger partial charge in [-0.2, -0.15) is 0 Å². The number of hydrogen-bond donors (Lipinski definition) is 2. The van der Waals surface area contributed by atoms with Crippen LogP contribution >= 0.6 is 43.6 Å². The van der Waals surface area contributed by atoms with E-state index in [9.17, 15) is 9.90 Å². The van der Waals surface area contributed by atoms with Gasteiger partial charge in [0.15, 0.2) is 0 Å². The fourth-order valence-electron chi connectivity index (χ4n) is 1.69. The second kappa shape index (κ2) is 7.33. The van der Waals surface area contributed by atoms with Crippen molar-refractivity contribution in [2.24, 2.45) is 0 Å². The van der Waals surface area contributed by atoms with Crippen LogP contribution in [0.25, 0.3) is 0 Å². The molecule has 0 saturated heterocycles. The summed E-state index contributed by atoms with van der Waals surface area (Å²) in [6.07, 6.45) is 0. The first-order valence-electron chi connectivity index (χ1n) is 6.13. The quantitative estimate of drug-likeness (QED) is 0.674. The molecule has 2 rings (SSSR count). The third-order valence-electron chi connectivity index (χ3n) is 2.66. The lowest BCUT2D eigenvalue weighted by Crippen LogP contribution is -2.14. The van der Waals surface area contributed by atoms with Crippen LogP contribution in [-0.2, 0) is 4.79 Å². The van der Waals surface area contributed by atoms with Gasteiger partial charge in [-0.1, -0.05) is 0 Å². The zero-order valence-electron chi connectivity index (χ0n) is 11.2. The molecule has 21 heavy (non-hydrogen) atoms. The van der Waals surface area contributed by atoms with E-state index in [0.717, 1.165) is 25.1 Å². The molecule has 2 aromatic rings. The van der Waals surface area contributed by atoms with E-state index in [1.807, 2.05) is 19.1 Å². The molecule has 0 radical (unpaired) electrons. The smallest absolute Gasteiger partial charge is 0.234 e. The van der Waals surface area contributed by atoms with Crippen LogP contribution in [0.1, 0.15) is 5.56 Å². The number of nitrogens with one attached hydrogen (secondary N) is 1. The highest BCUT2D eigenvalue weighted by Gasteiger charge is 2.10. The van der Waals surface area contributed by atoms with Crippen molar-refractivity contribution in [2.45, 2.75) is 11.8 Å². The van der Waals surface area contributed by atoms with E-state index in [1.54, 1.807) is 24.3 Å². The van der Waals surface area contributed by atoms with Crippen LogP contribution in [0.5, 0.6) is 5.75 Å². The molecule has 0 aliphatic carbocycles. The minimum atomic E-state index is -0.0849. The van der Waals surface area contributed by atoms with E-state index in [2.05, 4.69) is 37.2 Å². The number of benzene rings is 2. The maximum absolute atomic E-state index is 12.0. The number of thioether (sulfide) groups is 1. The Labute approximate surface area is 144 Å². The van der Waals surface area contributed by atoms with Crippen molar-refractivity contribution in [2.75, 3.05) is 11.1 Å². The number of rotatable bonds is 4. The highest BCUT2D eigenvalue weighted by Crippen LogP contribution is 2.32. The molecule has 0 aromatic heterocycles. The van der Waals surface area contributed by atoms with E-state index in [-0.39, 0.29) is 11.7 Å². The molecule has 1 amide bonds. The topological polar surface area (TPSA) is 49.3 Å². The SMILES string of the molecule is Cc1cc(Br)c(NC(=O)CSc2ccc(O)cc2)c(Br)c1. The predicted octanol–water partition coefficient (Wildman–Crippen LogP) is 4.96. The van der Waals surface area contributed by atoms with Gasteiger partial charge in [-0.25, -0.2) is 0 Å². The Balaban J connectivity index is 1.97. The normalized spacial score (nSPS) is 10.4. The molecule has 0 bridgehead atoms. The summed E-state index contributed by atoms with van der Waals surface area (Å²) in [7, 11) is 0. The monoisotopic (exact) mass is 429 g/mol. The van der Waals surface area contributed by atoms with Gasteiger partial charge in [0.2, 0.25) is 5.91 Å². The molecule has 0 aliphatic heterocycles. The largest absolute Gasteiger partial charge is 0.508 e. The summed E-state index contributed by atoms with van der Waals surface area (Å²) in [5.41, 5.74) is 1.84. The summed E-state index contributed by atoms with van der Waals surface area (Å²) in [6.45, 7) is 1.99. The molecule has 0 fully saturated rings. The zero-order chi connectivity index (χ0) is 15.4. The molecular formula is C15H13Br2NO2S. The lowest BCUT2D eigenvalue weighted by atomic mass is 10.2. The fourth-order valence-corrected chi connectivity index (χ4v) is 4.00. The number of halogens is 2. The van der Waals surface area contributed by atoms with Gasteiger partial charge >= 0.3 is 0 Å². The van der Waals surface area contributed by atoms with Crippen molar-refractivity contribution in [3.63, 3.8) is 0 Å². The van der Waals surface area contributed by atoms with Crippen molar-refractivity contribution >= 4 is 55.2 Å². The molecule has 2 N–H and O–H groups in total. The standard InChI is InChI=1S/C15H13Br2NO2S/c1-9-6-12(16)15(13(17)7-9)18-14(20)8-21-11-4-2-10(19)3-5-11/h2-7,19H,8H2,1H3,(H,18,20). The minimum absolute atomic E-state index is 0.0849. The Kier molecular flexibility index (Phi) is 5.72. The summed E-state index contributed by atoms with van der Waals surface area (Å²) < 4.78 is 1.69. The van der Waals surface area contributed by atoms with E-state index < -0.39 is 0 Å². The van der Waals surface area contributed by atoms with Gasteiger partial charge in [-0.05, 0) is 80.7 Å². The first kappa shape index (κ1) is 16.4. The van der Waals surface area contributed by atoms with Gasteiger partial charge in [-0.15, -0.1) is 11.8 Å². The Morgan fingerprint density at radius 3 is 2.33 bits per heavy atom. The van der Waals surface area contributed by atoms with Crippen LogP contribution in [0.3, 0.4) is 0 Å². The summed E-state index contributed by atoms with van der Waals surface area (Å²) in [5.74, 6) is 0.437. The number of phenolic OH excluding ortho intramolecular Hbond substituents is 1. The van der Waals surface area contributed by atoms with Gasteiger partial charge in [0, 0.05) is 13.8 Å². The summed E-state index contributed by atoms with van der Waals surface area (Å²) in [6, 6.07) is 10.7. The highest BCUT2D eigenvalue weighted by atomic mass is 79.9. The van der Waals surface area contributed by atoms with E-state index in [4.69, 9.17) is 0 Å². The number of amides is 1. The molecule has 0 spiro atoms. The van der Waals surface area contributed by atoms with Crippen molar-refractivity contribution < 1.29 is 9.90 Å². The number of aromatic hydroxyl groups is 1. The van der Waals surface area contributed by atoms with Crippen molar-refractivity contribution in [3.8, 4) is 5.75 Å². The molecule has 0 saturated carbocycles. The van der Waals surface area contributed by atoms with E-state index in [1.165, 1.54) is 11.8 Å². The summed E-state index contributed by atoms with van der Waals surface area (Å²) >= 11 is 8.32. The van der Waals surface area contributed by atoms with Crippen LogP contribution in [0.4, 0.5) is 5.69 Å². The van der Waals surface area contributed by atoms with Crippen LogP contribution in [0.15, 0.2) is 50.2 Å². The van der Waals surface area contributed by atoms with Crippen LogP contribution in [0.2, 0.25) is 0 Å². The van der Waals surface area contributed by atoms with Crippen LogP contribution in [-0.4, -0.2) is 16.8 Å². The highest BCUT2D eigenvalue weighted by molar-refractivity contribution is 9.11. The van der Waals surface area contributed by atoms with Crippen LogP contribution < -0.4 is 5.32 Å². The van der Waals surface area contributed by atoms with Gasteiger partial charge in [0.1, 0.15) is 5.75 Å². The van der Waals surface area contributed by atoms with Gasteiger partial charge in [0.25, 0.3) is 0 Å². The molecule has 6 heteroatoms. The second-order valence-electron chi connectivity index (χ2n) is 4.43. The lowest BCUT2D eigenvalue weighted by molar-refractivity contribution is -0.113. The first-order chi connectivity index (χ1) is 9.95.